The van der Waals surface area contributed by atoms with Crippen LogP contribution < -0.4 is 5.32 Å². The summed E-state index contributed by atoms with van der Waals surface area (Å²) in [5.41, 5.74) is 0.941. The van der Waals surface area contributed by atoms with Crippen molar-refractivity contribution in [1.82, 2.24) is 10.5 Å². The molecule has 0 aliphatic rings. The van der Waals surface area contributed by atoms with Gasteiger partial charge in [0.1, 0.15) is 22.8 Å². The Morgan fingerprint density at radius 1 is 1.42 bits per heavy atom. The fourth-order valence-corrected chi connectivity index (χ4v) is 1.82. The first-order valence-corrected chi connectivity index (χ1v) is 6.17. The summed E-state index contributed by atoms with van der Waals surface area (Å²) >= 11 is 0. The van der Waals surface area contributed by atoms with E-state index in [0.717, 1.165) is 0 Å². The summed E-state index contributed by atoms with van der Waals surface area (Å²) in [6.45, 7) is 8.07. The molecule has 5 heteroatoms. The second-order valence-electron chi connectivity index (χ2n) is 5.47. The maximum absolute atomic E-state index is 12.2. The Bertz CT molecular complexity index is 562. The molecule has 2 aromatic rings. The number of amides is 1. The van der Waals surface area contributed by atoms with Crippen LogP contribution in [0.25, 0.3) is 0 Å². The van der Waals surface area contributed by atoms with Crippen LogP contribution in [0.15, 0.2) is 27.3 Å². The van der Waals surface area contributed by atoms with Crippen LogP contribution in [0.2, 0.25) is 0 Å². The predicted molar refractivity (Wildman–Crippen MR) is 69.8 cm³/mol. The molecule has 0 bridgehead atoms. The molecule has 2 rings (SSSR count). The third-order valence-corrected chi connectivity index (χ3v) is 2.80. The van der Waals surface area contributed by atoms with E-state index in [9.17, 15) is 4.79 Å². The maximum atomic E-state index is 12.2. The first-order valence-electron chi connectivity index (χ1n) is 6.17. The number of carbonyl (C=O) groups is 1. The summed E-state index contributed by atoms with van der Waals surface area (Å²) in [7, 11) is 0. The molecule has 0 saturated carbocycles. The van der Waals surface area contributed by atoms with E-state index in [1.807, 2.05) is 26.8 Å². The normalized spacial score (nSPS) is 11.6. The SMILES string of the molecule is Cc1onc(C(C)(C)C)c1C(=O)NCc1ccco1. The molecule has 5 nitrogen and oxygen atoms in total. The van der Waals surface area contributed by atoms with E-state index in [0.29, 0.717) is 29.3 Å². The molecular formula is C14H18N2O3. The van der Waals surface area contributed by atoms with Crippen LogP contribution >= 0.6 is 0 Å². The lowest BCUT2D eigenvalue weighted by Crippen LogP contribution is -2.26. The van der Waals surface area contributed by atoms with Crippen molar-refractivity contribution in [2.24, 2.45) is 0 Å². The van der Waals surface area contributed by atoms with Gasteiger partial charge < -0.3 is 14.3 Å². The Kier molecular flexibility index (Phi) is 3.46. The number of nitrogens with one attached hydrogen (secondary N) is 1. The van der Waals surface area contributed by atoms with Gasteiger partial charge in [-0.3, -0.25) is 4.79 Å². The maximum Gasteiger partial charge on any atom is 0.257 e. The van der Waals surface area contributed by atoms with Crippen molar-refractivity contribution >= 4 is 5.91 Å². The van der Waals surface area contributed by atoms with E-state index in [1.165, 1.54) is 0 Å². The standard InChI is InChI=1S/C14H18N2O3/c1-9-11(12(16-19-9)14(2,3)4)13(17)15-8-10-6-5-7-18-10/h5-7H,8H2,1-4H3,(H,15,17). The van der Waals surface area contributed by atoms with Gasteiger partial charge in [-0.15, -0.1) is 0 Å². The van der Waals surface area contributed by atoms with Crippen molar-refractivity contribution < 1.29 is 13.7 Å². The zero-order chi connectivity index (χ0) is 14.0. The number of rotatable bonds is 3. The second kappa shape index (κ2) is 4.91. The summed E-state index contributed by atoms with van der Waals surface area (Å²) in [6.07, 6.45) is 1.58. The minimum Gasteiger partial charge on any atom is -0.467 e. The van der Waals surface area contributed by atoms with E-state index in [1.54, 1.807) is 19.3 Å². The van der Waals surface area contributed by atoms with Gasteiger partial charge in [0, 0.05) is 5.41 Å². The minimum atomic E-state index is -0.241. The first-order chi connectivity index (χ1) is 8.89. The second-order valence-corrected chi connectivity index (χ2v) is 5.47. The molecule has 1 amide bonds. The van der Waals surface area contributed by atoms with Gasteiger partial charge in [0.15, 0.2) is 0 Å². The monoisotopic (exact) mass is 262 g/mol. The number of aryl methyl sites for hydroxylation is 1. The zero-order valence-corrected chi connectivity index (χ0v) is 11.6. The van der Waals surface area contributed by atoms with Crippen molar-refractivity contribution in [3.63, 3.8) is 0 Å². The molecule has 0 aromatic carbocycles. The van der Waals surface area contributed by atoms with Crippen LogP contribution in [0.5, 0.6) is 0 Å². The summed E-state index contributed by atoms with van der Waals surface area (Å²) < 4.78 is 10.3. The highest BCUT2D eigenvalue weighted by atomic mass is 16.5. The smallest absolute Gasteiger partial charge is 0.257 e. The lowest BCUT2D eigenvalue weighted by atomic mass is 9.88. The molecule has 0 unspecified atom stereocenters. The summed E-state index contributed by atoms with van der Waals surface area (Å²) in [5, 5.41) is 6.80. The Labute approximate surface area is 112 Å². The van der Waals surface area contributed by atoms with Gasteiger partial charge >= 0.3 is 0 Å². The quantitative estimate of drug-likeness (QED) is 0.923. The van der Waals surface area contributed by atoms with Gasteiger partial charge in [-0.05, 0) is 19.1 Å². The van der Waals surface area contributed by atoms with E-state index >= 15 is 0 Å². The minimum absolute atomic E-state index is 0.194. The molecule has 102 valence electrons. The zero-order valence-electron chi connectivity index (χ0n) is 11.6. The average Bonchev–Trinajstić information content (AvgIpc) is 2.93. The number of nitrogens with zero attached hydrogens (tertiary/aromatic N) is 1. The fourth-order valence-electron chi connectivity index (χ4n) is 1.82. The lowest BCUT2D eigenvalue weighted by molar-refractivity contribution is 0.0944. The van der Waals surface area contributed by atoms with Crippen LogP contribution in [0, 0.1) is 6.92 Å². The fraction of sp³-hybridized carbons (Fsp3) is 0.429. The van der Waals surface area contributed by atoms with E-state index < -0.39 is 0 Å². The topological polar surface area (TPSA) is 68.3 Å². The van der Waals surface area contributed by atoms with Crippen LogP contribution in [0.4, 0.5) is 0 Å². The number of carbonyl (C=O) groups excluding carboxylic acids is 1. The van der Waals surface area contributed by atoms with Gasteiger partial charge in [0.2, 0.25) is 0 Å². The molecule has 0 spiro atoms. The molecular weight excluding hydrogens is 244 g/mol. The van der Waals surface area contributed by atoms with Crippen molar-refractivity contribution in [3.05, 3.63) is 41.2 Å². The van der Waals surface area contributed by atoms with Gasteiger partial charge in [-0.2, -0.15) is 0 Å². The van der Waals surface area contributed by atoms with Crippen molar-refractivity contribution in [3.8, 4) is 0 Å². The highest BCUT2D eigenvalue weighted by Gasteiger charge is 2.28. The molecule has 0 saturated heterocycles. The number of hydrogen-bond acceptors (Lipinski definition) is 4. The molecule has 2 aromatic heterocycles. The Balaban J connectivity index is 2.17. The van der Waals surface area contributed by atoms with Gasteiger partial charge in [0.05, 0.1) is 12.8 Å². The van der Waals surface area contributed by atoms with Crippen LogP contribution in [-0.2, 0) is 12.0 Å². The molecule has 0 aliphatic heterocycles. The summed E-state index contributed by atoms with van der Waals surface area (Å²) in [6, 6.07) is 3.60. The van der Waals surface area contributed by atoms with E-state index in [4.69, 9.17) is 8.94 Å². The Hall–Kier alpha value is -2.04. The first kappa shape index (κ1) is 13.4. The number of aromatic nitrogens is 1. The number of hydrogen-bond donors (Lipinski definition) is 1. The molecule has 2 heterocycles. The number of furan rings is 1. The molecule has 0 fully saturated rings. The molecule has 19 heavy (non-hydrogen) atoms. The largest absolute Gasteiger partial charge is 0.467 e. The highest BCUT2D eigenvalue weighted by molar-refractivity contribution is 5.96. The van der Waals surface area contributed by atoms with Gasteiger partial charge in [0.25, 0.3) is 5.91 Å². The lowest BCUT2D eigenvalue weighted by Gasteiger charge is -2.16. The average molecular weight is 262 g/mol. The summed E-state index contributed by atoms with van der Waals surface area (Å²) in [4.78, 5) is 12.2. The molecule has 0 aliphatic carbocycles. The molecule has 1 N–H and O–H groups in total. The van der Waals surface area contributed by atoms with Gasteiger partial charge in [-0.1, -0.05) is 25.9 Å². The van der Waals surface area contributed by atoms with Crippen molar-refractivity contribution in [1.29, 1.82) is 0 Å². The predicted octanol–water partition coefficient (Wildman–Crippen LogP) is 2.80. The van der Waals surface area contributed by atoms with Crippen LogP contribution in [-0.4, -0.2) is 11.1 Å². The van der Waals surface area contributed by atoms with E-state index in [-0.39, 0.29) is 11.3 Å². The van der Waals surface area contributed by atoms with Crippen LogP contribution in [0.1, 0.15) is 48.3 Å². The van der Waals surface area contributed by atoms with E-state index in [2.05, 4.69) is 10.5 Å². The van der Waals surface area contributed by atoms with Crippen molar-refractivity contribution in [2.75, 3.05) is 0 Å². The third-order valence-electron chi connectivity index (χ3n) is 2.80. The molecule has 0 radical (unpaired) electrons. The Morgan fingerprint density at radius 2 is 2.16 bits per heavy atom. The van der Waals surface area contributed by atoms with Crippen LogP contribution in [0.3, 0.4) is 0 Å². The molecule has 0 atom stereocenters. The van der Waals surface area contributed by atoms with Crippen molar-refractivity contribution in [2.45, 2.75) is 39.7 Å². The summed E-state index contributed by atoms with van der Waals surface area (Å²) in [5.74, 6) is 1.04. The third kappa shape index (κ3) is 2.86. The Morgan fingerprint density at radius 3 is 2.74 bits per heavy atom. The highest BCUT2D eigenvalue weighted by Crippen LogP contribution is 2.26. The van der Waals surface area contributed by atoms with Gasteiger partial charge in [-0.25, -0.2) is 0 Å².